The third kappa shape index (κ3) is 3.67. The molecule has 144 valence electrons. The van der Waals surface area contributed by atoms with Gasteiger partial charge in [0.15, 0.2) is 11.5 Å². The molecular formula is C19H14Cl2N2O5. The molecule has 2 aromatic carbocycles. The maximum atomic E-state index is 12.9. The molecule has 1 aliphatic heterocycles. The molecule has 0 atom stereocenters. The van der Waals surface area contributed by atoms with Gasteiger partial charge in [-0.05, 0) is 42.8 Å². The van der Waals surface area contributed by atoms with Gasteiger partial charge in [-0.25, -0.2) is 9.69 Å². The number of amides is 4. The van der Waals surface area contributed by atoms with Crippen LogP contribution in [0, 0.1) is 0 Å². The van der Waals surface area contributed by atoms with E-state index < -0.39 is 17.8 Å². The average molecular weight is 421 g/mol. The number of aromatic hydroxyl groups is 1. The molecule has 0 radical (unpaired) electrons. The number of carbonyl (C=O) groups excluding carboxylic acids is 3. The minimum absolute atomic E-state index is 0.00429. The van der Waals surface area contributed by atoms with E-state index >= 15 is 0 Å². The molecule has 0 spiro atoms. The van der Waals surface area contributed by atoms with E-state index in [9.17, 15) is 19.5 Å². The van der Waals surface area contributed by atoms with Gasteiger partial charge in [0.2, 0.25) is 0 Å². The number of nitrogens with zero attached hydrogens (tertiary/aromatic N) is 1. The van der Waals surface area contributed by atoms with Crippen LogP contribution in [0.2, 0.25) is 10.0 Å². The summed E-state index contributed by atoms with van der Waals surface area (Å²) in [7, 11) is 0. The molecule has 0 saturated carbocycles. The van der Waals surface area contributed by atoms with E-state index in [0.29, 0.717) is 12.2 Å². The van der Waals surface area contributed by atoms with Crippen molar-refractivity contribution in [2.45, 2.75) is 6.92 Å². The number of hydrogen-bond donors (Lipinski definition) is 2. The number of phenols is 1. The first-order chi connectivity index (χ1) is 13.3. The van der Waals surface area contributed by atoms with Crippen molar-refractivity contribution in [1.82, 2.24) is 5.32 Å². The molecule has 2 N–H and O–H groups in total. The summed E-state index contributed by atoms with van der Waals surface area (Å²) in [5.74, 6) is -1.59. The zero-order chi connectivity index (χ0) is 20.4. The number of ether oxygens (including phenoxy) is 1. The van der Waals surface area contributed by atoms with E-state index in [0.717, 1.165) is 4.90 Å². The summed E-state index contributed by atoms with van der Waals surface area (Å²) in [6, 6.07) is 7.88. The second-order valence-electron chi connectivity index (χ2n) is 5.69. The predicted octanol–water partition coefficient (Wildman–Crippen LogP) is 3.76. The predicted molar refractivity (Wildman–Crippen MR) is 105 cm³/mol. The van der Waals surface area contributed by atoms with E-state index in [2.05, 4.69) is 5.32 Å². The van der Waals surface area contributed by atoms with Crippen LogP contribution in [-0.2, 0) is 9.59 Å². The van der Waals surface area contributed by atoms with Crippen LogP contribution in [-0.4, -0.2) is 29.6 Å². The molecule has 1 heterocycles. The lowest BCUT2D eigenvalue weighted by atomic mass is 10.1. The molecule has 1 aliphatic rings. The summed E-state index contributed by atoms with van der Waals surface area (Å²) in [5.41, 5.74) is 0.186. The molecule has 3 rings (SSSR count). The second-order valence-corrected chi connectivity index (χ2v) is 6.48. The standard InChI is InChI=1S/C19H14Cl2N2O5/c1-2-28-15-9-10(6-7-14(15)24)8-11-17(25)22-19(27)23(18(11)26)13-5-3-4-12(20)16(13)21/h3-9,24H,2H2,1H3,(H,22,25,27)/b11-8+. The number of halogens is 2. The highest BCUT2D eigenvalue weighted by atomic mass is 35.5. The second kappa shape index (κ2) is 7.92. The SMILES string of the molecule is CCOc1cc(/C=C2\C(=O)NC(=O)N(c3cccc(Cl)c3Cl)C2=O)ccc1O. The van der Waals surface area contributed by atoms with Gasteiger partial charge in [0, 0.05) is 0 Å². The molecule has 2 aromatic rings. The van der Waals surface area contributed by atoms with E-state index in [1.807, 2.05) is 0 Å². The van der Waals surface area contributed by atoms with Crippen molar-refractivity contribution in [1.29, 1.82) is 0 Å². The van der Waals surface area contributed by atoms with E-state index in [1.54, 1.807) is 6.92 Å². The van der Waals surface area contributed by atoms with Crippen LogP contribution < -0.4 is 15.0 Å². The fourth-order valence-electron chi connectivity index (χ4n) is 2.60. The number of barbiturate groups is 1. The number of imide groups is 2. The highest BCUT2D eigenvalue weighted by molar-refractivity contribution is 6.46. The normalized spacial score (nSPS) is 15.8. The number of carbonyl (C=O) groups is 3. The molecule has 9 heteroatoms. The van der Waals surface area contributed by atoms with Crippen LogP contribution in [0.3, 0.4) is 0 Å². The average Bonchev–Trinajstić information content (AvgIpc) is 2.64. The molecule has 28 heavy (non-hydrogen) atoms. The summed E-state index contributed by atoms with van der Waals surface area (Å²) in [6.07, 6.45) is 1.29. The molecule has 0 aromatic heterocycles. The lowest BCUT2D eigenvalue weighted by Gasteiger charge is -2.27. The van der Waals surface area contributed by atoms with Crippen LogP contribution in [0.5, 0.6) is 11.5 Å². The van der Waals surface area contributed by atoms with Crippen molar-refractivity contribution in [3.05, 3.63) is 57.6 Å². The first kappa shape index (κ1) is 19.7. The number of anilines is 1. The third-order valence-corrected chi connectivity index (χ3v) is 4.68. The third-order valence-electron chi connectivity index (χ3n) is 3.87. The summed E-state index contributed by atoms with van der Waals surface area (Å²) in [4.78, 5) is 38.1. The monoisotopic (exact) mass is 420 g/mol. The molecule has 1 fully saturated rings. The Balaban J connectivity index is 2.04. The van der Waals surface area contributed by atoms with Gasteiger partial charge in [0.1, 0.15) is 5.57 Å². The van der Waals surface area contributed by atoms with Gasteiger partial charge in [-0.2, -0.15) is 0 Å². The Hall–Kier alpha value is -3.03. The number of rotatable bonds is 4. The molecule has 0 unspecified atom stereocenters. The molecule has 0 aliphatic carbocycles. The lowest BCUT2D eigenvalue weighted by molar-refractivity contribution is -0.122. The minimum atomic E-state index is -0.933. The number of urea groups is 1. The largest absolute Gasteiger partial charge is 0.504 e. The van der Waals surface area contributed by atoms with E-state index in [4.69, 9.17) is 27.9 Å². The number of nitrogens with one attached hydrogen (secondary N) is 1. The molecule has 4 amide bonds. The van der Waals surface area contributed by atoms with Crippen molar-refractivity contribution in [3.8, 4) is 11.5 Å². The minimum Gasteiger partial charge on any atom is -0.504 e. The fourth-order valence-corrected chi connectivity index (χ4v) is 2.98. The van der Waals surface area contributed by atoms with Crippen LogP contribution in [0.1, 0.15) is 12.5 Å². The van der Waals surface area contributed by atoms with Gasteiger partial charge in [-0.15, -0.1) is 0 Å². The van der Waals surface area contributed by atoms with Crippen LogP contribution in [0.4, 0.5) is 10.5 Å². The highest BCUT2D eigenvalue weighted by Crippen LogP contribution is 2.34. The Kier molecular flexibility index (Phi) is 5.58. The maximum Gasteiger partial charge on any atom is 0.336 e. The topological polar surface area (TPSA) is 95.9 Å². The van der Waals surface area contributed by atoms with Crippen LogP contribution in [0.15, 0.2) is 42.0 Å². The number of phenolic OH excluding ortho intramolecular Hbond substituents is 1. The van der Waals surface area contributed by atoms with Crippen LogP contribution in [0.25, 0.3) is 6.08 Å². The smallest absolute Gasteiger partial charge is 0.336 e. The highest BCUT2D eigenvalue weighted by Gasteiger charge is 2.38. The van der Waals surface area contributed by atoms with E-state index in [-0.39, 0.29) is 32.8 Å². The van der Waals surface area contributed by atoms with Gasteiger partial charge >= 0.3 is 6.03 Å². The summed E-state index contributed by atoms with van der Waals surface area (Å²) in [5, 5.41) is 12.0. The zero-order valence-electron chi connectivity index (χ0n) is 14.5. The van der Waals surface area contributed by atoms with Gasteiger partial charge in [0.25, 0.3) is 11.8 Å². The van der Waals surface area contributed by atoms with Gasteiger partial charge in [0.05, 0.1) is 22.3 Å². The van der Waals surface area contributed by atoms with Crippen molar-refractivity contribution in [2.75, 3.05) is 11.5 Å². The van der Waals surface area contributed by atoms with Gasteiger partial charge < -0.3 is 9.84 Å². The first-order valence-electron chi connectivity index (χ1n) is 8.14. The quantitative estimate of drug-likeness (QED) is 0.579. The van der Waals surface area contributed by atoms with Crippen LogP contribution >= 0.6 is 23.2 Å². The molecular weight excluding hydrogens is 407 g/mol. The summed E-state index contributed by atoms with van der Waals surface area (Å²) < 4.78 is 5.30. The fraction of sp³-hybridized carbons (Fsp3) is 0.105. The maximum absolute atomic E-state index is 12.9. The van der Waals surface area contributed by atoms with Crippen molar-refractivity contribution in [2.24, 2.45) is 0 Å². The van der Waals surface area contributed by atoms with Gasteiger partial charge in [-0.3, -0.25) is 14.9 Å². The Labute approximate surface area is 170 Å². The lowest BCUT2D eigenvalue weighted by Crippen LogP contribution is -2.54. The summed E-state index contributed by atoms with van der Waals surface area (Å²) >= 11 is 12.1. The number of hydrogen-bond acceptors (Lipinski definition) is 5. The number of benzene rings is 2. The van der Waals surface area contributed by atoms with Gasteiger partial charge in [-0.1, -0.05) is 35.3 Å². The Morgan fingerprint density at radius 2 is 1.93 bits per heavy atom. The van der Waals surface area contributed by atoms with Crippen molar-refractivity contribution >= 4 is 52.8 Å². The summed E-state index contributed by atoms with van der Waals surface area (Å²) in [6.45, 7) is 2.07. The van der Waals surface area contributed by atoms with Crippen molar-refractivity contribution in [3.63, 3.8) is 0 Å². The molecule has 1 saturated heterocycles. The Morgan fingerprint density at radius 3 is 2.64 bits per heavy atom. The zero-order valence-corrected chi connectivity index (χ0v) is 16.0. The van der Waals surface area contributed by atoms with E-state index in [1.165, 1.54) is 42.5 Å². The first-order valence-corrected chi connectivity index (χ1v) is 8.90. The molecule has 7 nitrogen and oxygen atoms in total. The molecule has 0 bridgehead atoms. The van der Waals surface area contributed by atoms with Crippen molar-refractivity contribution < 1.29 is 24.2 Å². The Morgan fingerprint density at radius 1 is 1.18 bits per heavy atom. The Bertz CT molecular complexity index is 1020.